The highest BCUT2D eigenvalue weighted by Gasteiger charge is 2.50. The first-order valence-electron chi connectivity index (χ1n) is 6.77. The number of hydrogen-bond acceptors (Lipinski definition) is 4. The van der Waals surface area contributed by atoms with Gasteiger partial charge < -0.3 is 10.0 Å². The lowest BCUT2D eigenvalue weighted by Gasteiger charge is -2.20. The Bertz CT molecular complexity index is 681. The summed E-state index contributed by atoms with van der Waals surface area (Å²) in [6.45, 7) is -1.47. The molecule has 26 heavy (non-hydrogen) atoms. The molecular weight excluding hydrogens is 372 g/mol. The van der Waals surface area contributed by atoms with Gasteiger partial charge in [-0.3, -0.25) is 14.4 Å². The average Bonchev–Trinajstić information content (AvgIpc) is 2.49. The zero-order chi connectivity index (χ0) is 20.1. The molecule has 0 spiro atoms. The minimum Gasteiger partial charge on any atom is -0.480 e. The molecule has 0 bridgehead atoms. The third-order valence-corrected chi connectivity index (χ3v) is 2.88. The fourth-order valence-corrected chi connectivity index (χ4v) is 1.85. The van der Waals surface area contributed by atoms with Gasteiger partial charge in [-0.25, -0.2) is 0 Å². The van der Waals surface area contributed by atoms with Crippen molar-refractivity contribution in [2.45, 2.75) is 18.9 Å². The predicted octanol–water partition coefficient (Wildman–Crippen LogP) is 2.72. The number of aliphatic carboxylic acids is 1. The van der Waals surface area contributed by atoms with E-state index in [1.807, 2.05) is 0 Å². The Labute approximate surface area is 142 Å². The number of allylic oxidation sites excluding steroid dienone is 1. The zero-order valence-corrected chi connectivity index (χ0v) is 12.8. The average molecular weight is 383 g/mol. The van der Waals surface area contributed by atoms with E-state index in [0.717, 1.165) is 0 Å². The molecule has 0 aliphatic carbocycles. The normalized spacial score (nSPS) is 11.6. The standard InChI is InChI=1S/C15H11F6NO4/c16-14(17,18)12(25)10(13(26)15(19,20)21)7-22(8-11(23)24)6-9-4-2-1-3-5-9/h1-5,7H,6,8H2,(H,23,24). The van der Waals surface area contributed by atoms with Crippen LogP contribution in [0.1, 0.15) is 5.56 Å². The fraction of sp³-hybridized carbons (Fsp3) is 0.267. The smallest absolute Gasteiger partial charge is 0.455 e. The maximum Gasteiger partial charge on any atom is 0.455 e. The summed E-state index contributed by atoms with van der Waals surface area (Å²) in [7, 11) is 0. The summed E-state index contributed by atoms with van der Waals surface area (Å²) in [6.07, 6.45) is -11.5. The molecule has 0 heterocycles. The number of ketones is 2. The molecule has 0 amide bonds. The van der Waals surface area contributed by atoms with Crippen LogP contribution in [0.4, 0.5) is 26.3 Å². The van der Waals surface area contributed by atoms with Gasteiger partial charge in [0.05, 0.1) is 5.57 Å². The molecule has 142 valence electrons. The summed E-state index contributed by atoms with van der Waals surface area (Å²) in [5.74, 6) is -7.61. The van der Waals surface area contributed by atoms with E-state index in [9.17, 15) is 40.7 Å². The molecule has 0 fully saturated rings. The van der Waals surface area contributed by atoms with Crippen molar-refractivity contribution < 1.29 is 45.8 Å². The number of carbonyl (C=O) groups excluding carboxylic acids is 2. The lowest BCUT2D eigenvalue weighted by Crippen LogP contribution is -2.37. The number of benzene rings is 1. The van der Waals surface area contributed by atoms with Crippen LogP contribution in [-0.2, 0) is 20.9 Å². The molecule has 1 aromatic rings. The second-order valence-electron chi connectivity index (χ2n) is 4.98. The van der Waals surface area contributed by atoms with Crippen molar-refractivity contribution in [3.63, 3.8) is 0 Å². The molecule has 5 nitrogen and oxygen atoms in total. The van der Waals surface area contributed by atoms with Crippen LogP contribution in [0, 0.1) is 0 Å². The van der Waals surface area contributed by atoms with Gasteiger partial charge in [0.15, 0.2) is 0 Å². The lowest BCUT2D eigenvalue weighted by molar-refractivity contribution is -0.175. The maximum absolute atomic E-state index is 12.5. The molecule has 0 saturated carbocycles. The molecule has 0 aromatic heterocycles. The third-order valence-electron chi connectivity index (χ3n) is 2.88. The largest absolute Gasteiger partial charge is 0.480 e. The van der Waals surface area contributed by atoms with Crippen molar-refractivity contribution in [3.8, 4) is 0 Å². The Morgan fingerprint density at radius 3 is 1.77 bits per heavy atom. The molecular formula is C15H11F6NO4. The van der Waals surface area contributed by atoms with Gasteiger partial charge in [-0.2, -0.15) is 26.3 Å². The molecule has 1 rings (SSSR count). The quantitative estimate of drug-likeness (QED) is 0.339. The van der Waals surface area contributed by atoms with Crippen molar-refractivity contribution in [3.05, 3.63) is 47.7 Å². The summed E-state index contributed by atoms with van der Waals surface area (Å²) in [4.78, 5) is 33.8. The van der Waals surface area contributed by atoms with Crippen LogP contribution in [0.5, 0.6) is 0 Å². The van der Waals surface area contributed by atoms with Crippen molar-refractivity contribution in [1.29, 1.82) is 0 Å². The number of nitrogens with zero attached hydrogens (tertiary/aromatic N) is 1. The summed E-state index contributed by atoms with van der Waals surface area (Å²) in [5, 5.41) is 8.79. The summed E-state index contributed by atoms with van der Waals surface area (Å²) < 4.78 is 75.3. The van der Waals surface area contributed by atoms with Gasteiger partial charge in [-0.15, -0.1) is 0 Å². The predicted molar refractivity (Wildman–Crippen MR) is 74.7 cm³/mol. The van der Waals surface area contributed by atoms with Crippen molar-refractivity contribution in [2.75, 3.05) is 6.54 Å². The first-order chi connectivity index (χ1) is 11.8. The Morgan fingerprint density at radius 1 is 0.923 bits per heavy atom. The number of carbonyl (C=O) groups is 3. The highest BCUT2D eigenvalue weighted by Crippen LogP contribution is 2.28. The minimum atomic E-state index is -5.74. The third kappa shape index (κ3) is 6.22. The first kappa shape index (κ1) is 21.2. The van der Waals surface area contributed by atoms with Gasteiger partial charge in [0, 0.05) is 12.7 Å². The van der Waals surface area contributed by atoms with Gasteiger partial charge in [-0.05, 0) is 5.56 Å². The molecule has 0 radical (unpaired) electrons. The van der Waals surface area contributed by atoms with Crippen LogP contribution in [0.3, 0.4) is 0 Å². The van der Waals surface area contributed by atoms with Crippen LogP contribution in [0.25, 0.3) is 0 Å². The van der Waals surface area contributed by atoms with E-state index >= 15 is 0 Å². The van der Waals surface area contributed by atoms with Crippen LogP contribution >= 0.6 is 0 Å². The van der Waals surface area contributed by atoms with E-state index in [-0.39, 0.29) is 6.20 Å². The molecule has 11 heteroatoms. The Morgan fingerprint density at radius 2 is 1.38 bits per heavy atom. The number of hydrogen-bond donors (Lipinski definition) is 1. The van der Waals surface area contributed by atoms with Crippen LogP contribution in [0.15, 0.2) is 42.1 Å². The second-order valence-corrected chi connectivity index (χ2v) is 4.98. The van der Waals surface area contributed by atoms with Gasteiger partial charge >= 0.3 is 18.3 Å². The summed E-state index contributed by atoms with van der Waals surface area (Å²) in [6, 6.07) is 7.44. The fourth-order valence-electron chi connectivity index (χ4n) is 1.85. The molecule has 0 atom stereocenters. The van der Waals surface area contributed by atoms with Crippen LogP contribution < -0.4 is 0 Å². The van der Waals surface area contributed by atoms with Gasteiger partial charge in [-0.1, -0.05) is 30.3 Å². The van der Waals surface area contributed by atoms with E-state index in [4.69, 9.17) is 5.11 Å². The van der Waals surface area contributed by atoms with E-state index in [1.165, 1.54) is 24.3 Å². The van der Waals surface area contributed by atoms with Gasteiger partial charge in [0.1, 0.15) is 6.54 Å². The number of carboxylic acid groups (broad SMARTS) is 1. The Hall–Kier alpha value is -2.85. The monoisotopic (exact) mass is 383 g/mol. The number of Topliss-reactive ketones (excluding diaryl/α,β-unsaturated/α-hetero) is 2. The van der Waals surface area contributed by atoms with E-state index in [2.05, 4.69) is 0 Å². The number of alkyl halides is 6. The zero-order valence-electron chi connectivity index (χ0n) is 12.8. The number of rotatable bonds is 7. The number of halogens is 6. The van der Waals surface area contributed by atoms with E-state index in [1.54, 1.807) is 6.07 Å². The molecule has 0 aliphatic heterocycles. The Balaban J connectivity index is 3.35. The van der Waals surface area contributed by atoms with Crippen molar-refractivity contribution in [1.82, 2.24) is 4.90 Å². The number of carboxylic acids is 1. The lowest BCUT2D eigenvalue weighted by atomic mass is 10.1. The van der Waals surface area contributed by atoms with E-state index in [0.29, 0.717) is 10.5 Å². The van der Waals surface area contributed by atoms with Crippen molar-refractivity contribution in [2.24, 2.45) is 0 Å². The second kappa shape index (κ2) is 8.02. The SMILES string of the molecule is O=C(O)CN(C=C(C(=O)C(F)(F)F)C(=O)C(F)(F)F)Cc1ccccc1. The molecule has 1 N–H and O–H groups in total. The van der Waals surface area contributed by atoms with E-state index < -0.39 is 48.6 Å². The Kier molecular flexibility index (Phi) is 6.54. The molecule has 0 saturated heterocycles. The maximum atomic E-state index is 12.5. The van der Waals surface area contributed by atoms with Crippen LogP contribution in [0.2, 0.25) is 0 Å². The molecule has 1 aromatic carbocycles. The highest BCUT2D eigenvalue weighted by atomic mass is 19.4. The first-order valence-corrected chi connectivity index (χ1v) is 6.77. The van der Waals surface area contributed by atoms with Gasteiger partial charge in [0.2, 0.25) is 0 Å². The topological polar surface area (TPSA) is 74.7 Å². The highest BCUT2D eigenvalue weighted by molar-refractivity contribution is 6.23. The van der Waals surface area contributed by atoms with Crippen molar-refractivity contribution >= 4 is 17.5 Å². The van der Waals surface area contributed by atoms with Crippen LogP contribution in [-0.4, -0.2) is 46.4 Å². The van der Waals surface area contributed by atoms with Gasteiger partial charge in [0.25, 0.3) is 11.6 Å². The molecule has 0 aliphatic rings. The molecule has 0 unspecified atom stereocenters. The summed E-state index contributed by atoms with van der Waals surface area (Å²) >= 11 is 0. The minimum absolute atomic E-state index is 0.0211. The summed E-state index contributed by atoms with van der Waals surface area (Å²) in [5.41, 5.74) is -1.87.